The summed E-state index contributed by atoms with van der Waals surface area (Å²) in [5.74, 6) is -3.67. The van der Waals surface area contributed by atoms with Crippen LogP contribution in [0.1, 0.15) is 0 Å². The fourth-order valence-electron chi connectivity index (χ4n) is 1.18. The minimum atomic E-state index is -0.965. The number of ether oxygens (including phenoxy) is 2. The van der Waals surface area contributed by atoms with Crippen molar-refractivity contribution in [2.45, 2.75) is 0 Å². The molecule has 0 fully saturated rings. The number of hydrogen-bond acceptors (Lipinski definition) is 5. The third-order valence-electron chi connectivity index (χ3n) is 2.09. The van der Waals surface area contributed by atoms with Gasteiger partial charge in [0.15, 0.2) is 0 Å². The van der Waals surface area contributed by atoms with Crippen molar-refractivity contribution in [3.63, 3.8) is 0 Å². The van der Waals surface area contributed by atoms with Crippen LogP contribution in [0.5, 0.6) is 0 Å². The number of benzene rings is 1. The summed E-state index contributed by atoms with van der Waals surface area (Å²) < 4.78 is 35.5. The summed E-state index contributed by atoms with van der Waals surface area (Å²) >= 11 is 0. The molecule has 0 aliphatic rings. The van der Waals surface area contributed by atoms with Crippen molar-refractivity contribution in [3.8, 4) is 0 Å². The molecule has 0 atom stereocenters. The van der Waals surface area contributed by atoms with Crippen molar-refractivity contribution >= 4 is 17.6 Å². The molecule has 0 heterocycles. The van der Waals surface area contributed by atoms with E-state index in [-0.39, 0.29) is 0 Å². The Kier molecular flexibility index (Phi) is 4.99. The van der Waals surface area contributed by atoms with E-state index in [0.717, 1.165) is 38.5 Å². The lowest BCUT2D eigenvalue weighted by molar-refractivity contribution is -0.138. The van der Waals surface area contributed by atoms with Crippen molar-refractivity contribution in [3.05, 3.63) is 41.6 Å². The molecule has 0 aliphatic heterocycles. The van der Waals surface area contributed by atoms with Crippen LogP contribution in [-0.2, 0) is 19.1 Å². The molecule has 1 rings (SSSR count). The van der Waals surface area contributed by atoms with Gasteiger partial charge >= 0.3 is 11.9 Å². The average molecular weight is 271 g/mol. The molecule has 0 saturated carbocycles. The standard InChI is InChI=1S/C12H11F2NO4/c1-18-10(16)6-9(12(17)19-2)15-11-7(13)4-3-5-8(11)14/h3-6,15H,1-2H3/b9-6+. The first-order chi connectivity index (χ1) is 8.99. The minimum absolute atomic E-state index is 0.446. The Labute approximate surface area is 107 Å². The molecule has 7 heteroatoms. The molecule has 1 aromatic carbocycles. The molecule has 1 aromatic rings. The molecule has 0 spiro atoms. The largest absolute Gasteiger partial charge is 0.466 e. The van der Waals surface area contributed by atoms with Crippen molar-refractivity contribution in [1.29, 1.82) is 0 Å². The molecule has 0 bridgehead atoms. The number of carbonyl (C=O) groups excluding carboxylic acids is 2. The predicted octanol–water partition coefficient (Wildman–Crippen LogP) is 1.61. The zero-order valence-corrected chi connectivity index (χ0v) is 10.2. The third-order valence-corrected chi connectivity index (χ3v) is 2.09. The summed E-state index contributed by atoms with van der Waals surface area (Å²) in [6, 6.07) is 3.16. The lowest BCUT2D eigenvalue weighted by atomic mass is 10.2. The van der Waals surface area contributed by atoms with E-state index in [4.69, 9.17) is 0 Å². The molecule has 0 unspecified atom stereocenters. The van der Waals surface area contributed by atoms with Gasteiger partial charge in [-0.05, 0) is 12.1 Å². The van der Waals surface area contributed by atoms with Gasteiger partial charge in [0, 0.05) is 0 Å². The number of rotatable bonds is 4. The van der Waals surface area contributed by atoms with Gasteiger partial charge < -0.3 is 14.8 Å². The second-order valence-electron chi connectivity index (χ2n) is 3.29. The van der Waals surface area contributed by atoms with Gasteiger partial charge in [-0.25, -0.2) is 18.4 Å². The summed E-state index contributed by atoms with van der Waals surface area (Å²) in [4.78, 5) is 22.5. The maximum atomic E-state index is 13.4. The van der Waals surface area contributed by atoms with Crippen LogP contribution in [-0.4, -0.2) is 26.2 Å². The highest BCUT2D eigenvalue weighted by atomic mass is 19.1. The number of carbonyl (C=O) groups is 2. The molecule has 0 aliphatic carbocycles. The lowest BCUT2D eigenvalue weighted by Crippen LogP contribution is -2.16. The first kappa shape index (κ1) is 14.6. The van der Waals surface area contributed by atoms with Crippen molar-refractivity contribution in [2.24, 2.45) is 0 Å². The zero-order valence-electron chi connectivity index (χ0n) is 10.2. The molecule has 0 radical (unpaired) electrons. The first-order valence-corrected chi connectivity index (χ1v) is 5.08. The second-order valence-corrected chi connectivity index (χ2v) is 3.29. The van der Waals surface area contributed by atoms with E-state index in [0.29, 0.717) is 0 Å². The Balaban J connectivity index is 3.11. The van der Waals surface area contributed by atoms with Gasteiger partial charge in [-0.1, -0.05) is 6.07 Å². The molecule has 5 nitrogen and oxygen atoms in total. The summed E-state index contributed by atoms with van der Waals surface area (Å²) in [6.07, 6.45) is 0.734. The Morgan fingerprint density at radius 1 is 1.16 bits per heavy atom. The molecular weight excluding hydrogens is 260 g/mol. The number of halogens is 2. The molecule has 0 aromatic heterocycles. The highest BCUT2D eigenvalue weighted by Crippen LogP contribution is 2.20. The molecular formula is C12H11F2NO4. The second kappa shape index (κ2) is 6.48. The number of esters is 2. The van der Waals surface area contributed by atoms with E-state index in [1.54, 1.807) is 0 Å². The highest BCUT2D eigenvalue weighted by molar-refractivity contribution is 5.98. The smallest absolute Gasteiger partial charge is 0.354 e. The summed E-state index contributed by atoms with van der Waals surface area (Å²) in [5.41, 5.74) is -1.01. The topological polar surface area (TPSA) is 64.6 Å². The van der Waals surface area contributed by atoms with Crippen LogP contribution in [0.4, 0.5) is 14.5 Å². The third kappa shape index (κ3) is 3.77. The highest BCUT2D eigenvalue weighted by Gasteiger charge is 2.17. The molecule has 0 amide bonds. The van der Waals surface area contributed by atoms with Gasteiger partial charge in [0.1, 0.15) is 23.0 Å². The van der Waals surface area contributed by atoms with Crippen LogP contribution in [0.2, 0.25) is 0 Å². The van der Waals surface area contributed by atoms with Crippen LogP contribution in [0.3, 0.4) is 0 Å². The van der Waals surface area contributed by atoms with Crippen molar-refractivity contribution in [2.75, 3.05) is 19.5 Å². The van der Waals surface area contributed by atoms with Gasteiger partial charge in [0.05, 0.1) is 20.3 Å². The van der Waals surface area contributed by atoms with Crippen molar-refractivity contribution in [1.82, 2.24) is 0 Å². The van der Waals surface area contributed by atoms with Crippen LogP contribution in [0.25, 0.3) is 0 Å². The quantitative estimate of drug-likeness (QED) is 0.665. The monoisotopic (exact) mass is 271 g/mol. The van der Waals surface area contributed by atoms with Crippen LogP contribution < -0.4 is 5.32 Å². The lowest BCUT2D eigenvalue weighted by Gasteiger charge is -2.10. The summed E-state index contributed by atoms with van der Waals surface area (Å²) in [7, 11) is 2.16. The van der Waals surface area contributed by atoms with E-state index in [1.807, 2.05) is 0 Å². The summed E-state index contributed by atoms with van der Waals surface area (Å²) in [6.45, 7) is 0. The maximum absolute atomic E-state index is 13.4. The van der Waals surface area contributed by atoms with E-state index in [1.165, 1.54) is 0 Å². The van der Waals surface area contributed by atoms with Crippen LogP contribution in [0, 0.1) is 11.6 Å². The predicted molar refractivity (Wildman–Crippen MR) is 62.1 cm³/mol. The fourth-order valence-corrected chi connectivity index (χ4v) is 1.18. The zero-order chi connectivity index (χ0) is 14.4. The maximum Gasteiger partial charge on any atom is 0.354 e. The Hall–Kier alpha value is -2.44. The van der Waals surface area contributed by atoms with Gasteiger partial charge in [-0.3, -0.25) is 0 Å². The number of anilines is 1. The van der Waals surface area contributed by atoms with E-state index >= 15 is 0 Å². The first-order valence-electron chi connectivity index (χ1n) is 5.08. The molecule has 19 heavy (non-hydrogen) atoms. The van der Waals surface area contributed by atoms with Crippen LogP contribution >= 0.6 is 0 Å². The Morgan fingerprint density at radius 3 is 2.21 bits per heavy atom. The van der Waals surface area contributed by atoms with E-state index < -0.39 is 35.0 Å². The molecule has 102 valence electrons. The normalized spacial score (nSPS) is 10.8. The van der Waals surface area contributed by atoms with E-state index in [2.05, 4.69) is 14.8 Å². The number of para-hydroxylation sites is 1. The van der Waals surface area contributed by atoms with Crippen molar-refractivity contribution < 1.29 is 27.8 Å². The number of methoxy groups -OCH3 is 2. The van der Waals surface area contributed by atoms with Gasteiger partial charge in [0.2, 0.25) is 0 Å². The fraction of sp³-hybridized carbons (Fsp3) is 0.167. The number of nitrogens with one attached hydrogen (secondary N) is 1. The average Bonchev–Trinajstić information content (AvgIpc) is 2.40. The molecule has 0 saturated heterocycles. The number of hydrogen-bond donors (Lipinski definition) is 1. The SMILES string of the molecule is COC(=O)/C=C(/Nc1c(F)cccc1F)C(=O)OC. The minimum Gasteiger partial charge on any atom is -0.466 e. The van der Waals surface area contributed by atoms with Gasteiger partial charge in [-0.2, -0.15) is 0 Å². The molecule has 1 N–H and O–H groups in total. The van der Waals surface area contributed by atoms with Crippen LogP contribution in [0.15, 0.2) is 30.0 Å². The van der Waals surface area contributed by atoms with Gasteiger partial charge in [-0.15, -0.1) is 0 Å². The Morgan fingerprint density at radius 2 is 1.74 bits per heavy atom. The van der Waals surface area contributed by atoms with E-state index in [9.17, 15) is 18.4 Å². The summed E-state index contributed by atoms with van der Waals surface area (Å²) in [5, 5.41) is 2.17. The Bertz CT molecular complexity index is 508. The van der Waals surface area contributed by atoms with Gasteiger partial charge in [0.25, 0.3) is 0 Å².